The summed E-state index contributed by atoms with van der Waals surface area (Å²) in [7, 11) is 0. The van der Waals surface area contributed by atoms with Gasteiger partial charge in [0.25, 0.3) is 0 Å². The lowest BCUT2D eigenvalue weighted by molar-refractivity contribution is -0.141. The molecule has 1 aliphatic rings. The van der Waals surface area contributed by atoms with E-state index < -0.39 is 0 Å². The summed E-state index contributed by atoms with van der Waals surface area (Å²) < 4.78 is 13.8. The Morgan fingerprint density at radius 3 is 2.45 bits per heavy atom. The lowest BCUT2D eigenvalue weighted by Gasteiger charge is -2.37. The number of nitriles is 1. The predicted octanol–water partition coefficient (Wildman–Crippen LogP) is 2.39. The zero-order valence-electron chi connectivity index (χ0n) is 13.4. The van der Waals surface area contributed by atoms with Crippen LogP contribution in [0.1, 0.15) is 31.9 Å². The number of nitrogens with zero attached hydrogens (tertiary/aromatic N) is 3. The Kier molecular flexibility index (Phi) is 4.82. The highest BCUT2D eigenvalue weighted by Gasteiger charge is 2.29. The molecule has 0 atom stereocenters. The van der Waals surface area contributed by atoms with E-state index in [1.54, 1.807) is 6.07 Å². The van der Waals surface area contributed by atoms with E-state index >= 15 is 0 Å². The van der Waals surface area contributed by atoms with Gasteiger partial charge >= 0.3 is 0 Å². The Hall–Kier alpha value is -1.93. The lowest BCUT2D eigenvalue weighted by atomic mass is 9.94. The van der Waals surface area contributed by atoms with Crippen LogP contribution in [-0.4, -0.2) is 41.9 Å². The molecule has 118 valence electrons. The smallest absolute Gasteiger partial charge is 0.228 e. The predicted molar refractivity (Wildman–Crippen MR) is 82.4 cm³/mol. The minimum atomic E-state index is -0.366. The first-order chi connectivity index (χ1) is 10.3. The molecule has 0 N–H and O–H groups in total. The third-order valence-electron chi connectivity index (χ3n) is 3.87. The monoisotopic (exact) mass is 303 g/mol. The van der Waals surface area contributed by atoms with E-state index in [0.29, 0.717) is 30.8 Å². The van der Waals surface area contributed by atoms with E-state index in [4.69, 9.17) is 5.26 Å². The van der Waals surface area contributed by atoms with Crippen molar-refractivity contribution in [2.24, 2.45) is 5.41 Å². The summed E-state index contributed by atoms with van der Waals surface area (Å²) >= 11 is 0. The van der Waals surface area contributed by atoms with Crippen molar-refractivity contribution in [3.63, 3.8) is 0 Å². The van der Waals surface area contributed by atoms with Crippen LogP contribution in [0.3, 0.4) is 0 Å². The second kappa shape index (κ2) is 6.45. The average Bonchev–Trinajstić information content (AvgIpc) is 2.48. The zero-order chi connectivity index (χ0) is 16.3. The Balaban J connectivity index is 1.96. The molecule has 0 saturated carbocycles. The Morgan fingerprint density at radius 1 is 1.27 bits per heavy atom. The van der Waals surface area contributed by atoms with Gasteiger partial charge in [-0.1, -0.05) is 20.8 Å². The Bertz CT molecular complexity index is 593. The summed E-state index contributed by atoms with van der Waals surface area (Å²) in [4.78, 5) is 16.2. The Morgan fingerprint density at radius 2 is 1.91 bits per heavy atom. The number of carbonyl (C=O) groups excluding carboxylic acids is 1. The van der Waals surface area contributed by atoms with Crippen LogP contribution in [0.4, 0.5) is 4.39 Å². The molecule has 0 radical (unpaired) electrons. The molecule has 0 spiro atoms. The van der Waals surface area contributed by atoms with Crippen molar-refractivity contribution >= 4 is 5.91 Å². The van der Waals surface area contributed by atoms with Crippen LogP contribution in [0.15, 0.2) is 18.2 Å². The molecule has 1 aliphatic heterocycles. The summed E-state index contributed by atoms with van der Waals surface area (Å²) in [5.74, 6) is -0.128. The maximum Gasteiger partial charge on any atom is 0.228 e. The molecule has 5 heteroatoms. The first-order valence-corrected chi connectivity index (χ1v) is 7.51. The number of benzene rings is 1. The first kappa shape index (κ1) is 16.4. The second-order valence-corrected chi connectivity index (χ2v) is 6.74. The third-order valence-corrected chi connectivity index (χ3v) is 3.87. The fourth-order valence-electron chi connectivity index (χ4n) is 2.59. The summed E-state index contributed by atoms with van der Waals surface area (Å²) in [6, 6.07) is 6.46. The number of piperazine rings is 1. The topological polar surface area (TPSA) is 47.3 Å². The van der Waals surface area contributed by atoms with Crippen molar-refractivity contribution in [3.8, 4) is 6.07 Å². The number of amides is 1. The molecule has 22 heavy (non-hydrogen) atoms. The zero-order valence-corrected chi connectivity index (χ0v) is 13.4. The van der Waals surface area contributed by atoms with Crippen LogP contribution in [0.2, 0.25) is 0 Å². The molecule has 1 saturated heterocycles. The summed E-state index contributed by atoms with van der Waals surface area (Å²) in [6.07, 6.45) is 0. The van der Waals surface area contributed by atoms with Gasteiger partial charge in [0.05, 0.1) is 11.6 Å². The normalized spacial score (nSPS) is 16.4. The summed E-state index contributed by atoms with van der Waals surface area (Å²) in [5, 5.41) is 8.90. The fourth-order valence-corrected chi connectivity index (χ4v) is 2.59. The lowest BCUT2D eigenvalue weighted by Crippen LogP contribution is -2.51. The van der Waals surface area contributed by atoms with Crippen LogP contribution < -0.4 is 0 Å². The average molecular weight is 303 g/mol. The van der Waals surface area contributed by atoms with Crippen LogP contribution in [0.5, 0.6) is 0 Å². The molecule has 4 nitrogen and oxygen atoms in total. The second-order valence-electron chi connectivity index (χ2n) is 6.74. The van der Waals surface area contributed by atoms with Crippen molar-refractivity contribution in [2.75, 3.05) is 26.2 Å². The van der Waals surface area contributed by atoms with Crippen molar-refractivity contribution in [1.82, 2.24) is 9.80 Å². The molecule has 1 heterocycles. The maximum atomic E-state index is 13.8. The van der Waals surface area contributed by atoms with Crippen molar-refractivity contribution < 1.29 is 9.18 Å². The van der Waals surface area contributed by atoms with Crippen LogP contribution in [0.25, 0.3) is 0 Å². The molecule has 1 fully saturated rings. The summed E-state index contributed by atoms with van der Waals surface area (Å²) in [6.45, 7) is 9.00. The molecule has 0 unspecified atom stereocenters. The van der Waals surface area contributed by atoms with Crippen molar-refractivity contribution in [3.05, 3.63) is 35.1 Å². The molecule has 0 aliphatic carbocycles. The minimum absolute atomic E-state index is 0.157. The largest absolute Gasteiger partial charge is 0.340 e. The van der Waals surface area contributed by atoms with Gasteiger partial charge in [0, 0.05) is 43.7 Å². The van der Waals surface area contributed by atoms with Crippen molar-refractivity contribution in [1.29, 1.82) is 5.26 Å². The van der Waals surface area contributed by atoms with Crippen LogP contribution >= 0.6 is 0 Å². The minimum Gasteiger partial charge on any atom is -0.340 e. The van der Waals surface area contributed by atoms with E-state index in [0.717, 1.165) is 13.1 Å². The number of hydrogen-bond acceptors (Lipinski definition) is 3. The highest BCUT2D eigenvalue weighted by Crippen LogP contribution is 2.20. The van der Waals surface area contributed by atoms with Crippen LogP contribution in [-0.2, 0) is 11.3 Å². The van der Waals surface area contributed by atoms with Gasteiger partial charge in [0.2, 0.25) is 5.91 Å². The van der Waals surface area contributed by atoms with Gasteiger partial charge in [-0.3, -0.25) is 9.69 Å². The van der Waals surface area contributed by atoms with E-state index in [9.17, 15) is 9.18 Å². The number of halogens is 1. The molecule has 0 aromatic heterocycles. The van der Waals surface area contributed by atoms with Gasteiger partial charge < -0.3 is 4.90 Å². The van der Waals surface area contributed by atoms with Gasteiger partial charge in [0.15, 0.2) is 0 Å². The quantitative estimate of drug-likeness (QED) is 0.843. The Labute approximate surface area is 131 Å². The van der Waals surface area contributed by atoms with Gasteiger partial charge in [-0.05, 0) is 18.2 Å². The molecule has 1 aromatic rings. The van der Waals surface area contributed by atoms with Gasteiger partial charge in [-0.25, -0.2) is 4.39 Å². The van der Waals surface area contributed by atoms with Crippen LogP contribution in [0, 0.1) is 22.6 Å². The van der Waals surface area contributed by atoms with Crippen molar-refractivity contribution in [2.45, 2.75) is 27.3 Å². The fraction of sp³-hybridized carbons (Fsp3) is 0.529. The SMILES string of the molecule is CC(C)(C)C(=O)N1CCN(Cc2cc(C#N)ccc2F)CC1. The maximum absolute atomic E-state index is 13.8. The molecule has 1 amide bonds. The van der Waals surface area contributed by atoms with E-state index in [-0.39, 0.29) is 17.1 Å². The highest BCUT2D eigenvalue weighted by molar-refractivity contribution is 5.81. The van der Waals surface area contributed by atoms with E-state index in [1.165, 1.54) is 12.1 Å². The van der Waals surface area contributed by atoms with E-state index in [1.807, 2.05) is 31.7 Å². The van der Waals surface area contributed by atoms with Gasteiger partial charge in [-0.2, -0.15) is 5.26 Å². The van der Waals surface area contributed by atoms with E-state index in [2.05, 4.69) is 4.90 Å². The molecule has 2 rings (SSSR count). The molecule has 1 aromatic carbocycles. The number of carbonyl (C=O) groups is 1. The highest BCUT2D eigenvalue weighted by atomic mass is 19.1. The molecular formula is C17H22FN3O. The molecular weight excluding hydrogens is 281 g/mol. The van der Waals surface area contributed by atoms with Gasteiger partial charge in [-0.15, -0.1) is 0 Å². The number of rotatable bonds is 2. The summed E-state index contributed by atoms with van der Waals surface area (Å²) in [5.41, 5.74) is 0.641. The first-order valence-electron chi connectivity index (χ1n) is 7.51. The van der Waals surface area contributed by atoms with Gasteiger partial charge in [0.1, 0.15) is 5.82 Å². The standard InChI is InChI=1S/C17H22FN3O/c1-17(2,3)16(22)21-8-6-20(7-9-21)12-14-10-13(11-19)4-5-15(14)18/h4-5,10H,6-9,12H2,1-3H3. The molecule has 0 bridgehead atoms. The number of hydrogen-bond donors (Lipinski definition) is 0. The third kappa shape index (κ3) is 3.83.